The van der Waals surface area contributed by atoms with Crippen LogP contribution in [0.3, 0.4) is 0 Å². The number of carbonyl (C=O) groups excluding carboxylic acids is 3. The van der Waals surface area contributed by atoms with Crippen molar-refractivity contribution < 1.29 is 41.7 Å². The molecule has 37 heavy (non-hydrogen) atoms. The lowest BCUT2D eigenvalue weighted by atomic mass is 9.99. The van der Waals surface area contributed by atoms with Crippen LogP contribution in [0.2, 0.25) is 0 Å². The number of ether oxygens (including phenoxy) is 4. The monoisotopic (exact) mass is 522 g/mol. The van der Waals surface area contributed by atoms with Gasteiger partial charge in [-0.2, -0.15) is 0 Å². The van der Waals surface area contributed by atoms with Gasteiger partial charge in [-0.25, -0.2) is 22.8 Å². The molecule has 2 bridgehead atoms. The predicted octanol–water partition coefficient (Wildman–Crippen LogP) is 2.82. The third-order valence-electron chi connectivity index (χ3n) is 6.10. The second kappa shape index (κ2) is 10.2. The molecular formula is C27H22O9S. The summed E-state index contributed by atoms with van der Waals surface area (Å²) >= 11 is 0. The molecule has 2 aliphatic rings. The Morgan fingerprint density at radius 3 is 1.41 bits per heavy atom. The Kier molecular flexibility index (Phi) is 6.77. The van der Waals surface area contributed by atoms with Crippen LogP contribution in [-0.2, 0) is 28.8 Å². The molecule has 0 spiro atoms. The van der Waals surface area contributed by atoms with E-state index >= 15 is 0 Å². The first-order valence-corrected chi connectivity index (χ1v) is 13.2. The second-order valence-corrected chi connectivity index (χ2v) is 10.7. The standard InChI is InChI=1S/C27H22O9S/c28-24(17-10-4-1-5-11-17)34-21-20-16-37(31,32)27(33-20)23(36-26(30)19-14-8-3-9-15-19)22(21)35-25(29)18-12-6-2-7-13-18/h1-15,20-23,27H,16H2/t20-,21-,22+,23-,27+/m1/s1. The number of sulfone groups is 1. The summed E-state index contributed by atoms with van der Waals surface area (Å²) in [5.74, 6) is -2.91. The molecule has 2 fully saturated rings. The lowest BCUT2D eigenvalue weighted by molar-refractivity contribution is -0.187. The summed E-state index contributed by atoms with van der Waals surface area (Å²) in [5.41, 5.74) is -1.04. The Bertz CT molecular complexity index is 1390. The van der Waals surface area contributed by atoms with Gasteiger partial charge in [-0.15, -0.1) is 0 Å². The van der Waals surface area contributed by atoms with Crippen LogP contribution in [0.5, 0.6) is 0 Å². The Hall–Kier alpha value is -4.02. The van der Waals surface area contributed by atoms with E-state index in [1.165, 1.54) is 36.4 Å². The highest BCUT2D eigenvalue weighted by atomic mass is 32.2. The maximum absolute atomic E-state index is 13.0. The van der Waals surface area contributed by atoms with Crippen molar-refractivity contribution in [2.75, 3.05) is 5.75 Å². The number of esters is 3. The maximum atomic E-state index is 13.0. The molecule has 3 aromatic carbocycles. The Morgan fingerprint density at radius 2 is 0.973 bits per heavy atom. The number of hydrogen-bond acceptors (Lipinski definition) is 9. The zero-order chi connectivity index (χ0) is 26.0. The molecule has 0 aliphatic carbocycles. The summed E-state index contributed by atoms with van der Waals surface area (Å²) in [4.78, 5) is 38.9. The summed E-state index contributed by atoms with van der Waals surface area (Å²) in [5, 5.41) is 0. The molecule has 9 nitrogen and oxygen atoms in total. The van der Waals surface area contributed by atoms with E-state index < -0.39 is 63.3 Å². The van der Waals surface area contributed by atoms with Crippen molar-refractivity contribution in [2.24, 2.45) is 0 Å². The minimum Gasteiger partial charge on any atom is -0.452 e. The number of hydrogen-bond donors (Lipinski definition) is 0. The lowest BCUT2D eigenvalue weighted by Gasteiger charge is -2.39. The van der Waals surface area contributed by atoms with E-state index in [4.69, 9.17) is 18.9 Å². The quantitative estimate of drug-likeness (QED) is 0.355. The van der Waals surface area contributed by atoms with Gasteiger partial charge in [0.15, 0.2) is 33.6 Å². The summed E-state index contributed by atoms with van der Waals surface area (Å²) < 4.78 is 48.6. The largest absolute Gasteiger partial charge is 0.452 e. The van der Waals surface area contributed by atoms with Crippen LogP contribution in [0.15, 0.2) is 91.0 Å². The first-order valence-electron chi connectivity index (χ1n) is 11.5. The van der Waals surface area contributed by atoms with Crippen molar-refractivity contribution in [2.45, 2.75) is 29.9 Å². The van der Waals surface area contributed by atoms with E-state index in [0.29, 0.717) is 0 Å². The lowest BCUT2D eigenvalue weighted by Crippen LogP contribution is -2.58. The average molecular weight is 523 g/mol. The van der Waals surface area contributed by atoms with Crippen LogP contribution in [0.4, 0.5) is 0 Å². The SMILES string of the molecule is O=C(O[C@@H]1[C@@H](OC(=O)c2ccccc2)[C@H]2O[C@H](CS2(=O)=O)[C@H]1OC(=O)c1ccccc1)c1ccccc1. The van der Waals surface area contributed by atoms with Crippen molar-refractivity contribution in [3.63, 3.8) is 0 Å². The van der Waals surface area contributed by atoms with Crippen molar-refractivity contribution in [1.29, 1.82) is 0 Å². The summed E-state index contributed by atoms with van der Waals surface area (Å²) in [6, 6.07) is 24.0. The van der Waals surface area contributed by atoms with Crippen LogP contribution in [0.25, 0.3) is 0 Å². The van der Waals surface area contributed by atoms with Crippen molar-refractivity contribution in [3.05, 3.63) is 108 Å². The summed E-state index contributed by atoms with van der Waals surface area (Å²) in [6.45, 7) is 0. The topological polar surface area (TPSA) is 122 Å². The number of carbonyl (C=O) groups is 3. The van der Waals surface area contributed by atoms with Gasteiger partial charge in [-0.05, 0) is 36.4 Å². The average Bonchev–Trinajstić information content (AvgIpc) is 3.21. The smallest absolute Gasteiger partial charge is 0.338 e. The van der Waals surface area contributed by atoms with Gasteiger partial charge >= 0.3 is 17.9 Å². The summed E-state index contributed by atoms with van der Waals surface area (Å²) in [7, 11) is -3.95. The third kappa shape index (κ3) is 5.11. The zero-order valence-electron chi connectivity index (χ0n) is 19.3. The molecule has 0 saturated carbocycles. The molecule has 3 aromatic rings. The van der Waals surface area contributed by atoms with E-state index in [9.17, 15) is 22.8 Å². The highest BCUT2D eigenvalue weighted by Crippen LogP contribution is 2.38. The van der Waals surface area contributed by atoms with Gasteiger partial charge < -0.3 is 18.9 Å². The normalized spacial score (nSPS) is 25.6. The molecule has 2 heterocycles. The molecule has 0 amide bonds. The minimum atomic E-state index is -3.95. The Balaban J connectivity index is 1.51. The number of rotatable bonds is 6. The van der Waals surface area contributed by atoms with E-state index in [2.05, 4.69) is 0 Å². The van der Waals surface area contributed by atoms with Crippen molar-refractivity contribution in [1.82, 2.24) is 0 Å². The van der Waals surface area contributed by atoms with Gasteiger partial charge in [0.25, 0.3) is 0 Å². The zero-order valence-corrected chi connectivity index (χ0v) is 20.2. The Morgan fingerprint density at radius 1 is 0.595 bits per heavy atom. The van der Waals surface area contributed by atoms with Gasteiger partial charge in [0.2, 0.25) is 0 Å². The molecule has 190 valence electrons. The van der Waals surface area contributed by atoms with Crippen LogP contribution < -0.4 is 0 Å². The highest BCUT2D eigenvalue weighted by molar-refractivity contribution is 7.92. The van der Waals surface area contributed by atoms with Gasteiger partial charge in [0.1, 0.15) is 6.10 Å². The minimum absolute atomic E-state index is 0.158. The number of benzene rings is 3. The van der Waals surface area contributed by atoms with Gasteiger partial charge in [-0.3, -0.25) is 0 Å². The molecule has 0 radical (unpaired) electrons. The summed E-state index contributed by atoms with van der Waals surface area (Å²) in [6.07, 6.45) is -5.52. The van der Waals surface area contributed by atoms with Crippen LogP contribution >= 0.6 is 0 Å². The van der Waals surface area contributed by atoms with E-state index in [1.54, 1.807) is 54.6 Å². The van der Waals surface area contributed by atoms with E-state index in [0.717, 1.165) is 0 Å². The Labute approximate surface area is 212 Å². The molecule has 0 aromatic heterocycles. The third-order valence-corrected chi connectivity index (χ3v) is 7.98. The predicted molar refractivity (Wildman–Crippen MR) is 129 cm³/mol. The fraction of sp³-hybridized carbons (Fsp3) is 0.222. The van der Waals surface area contributed by atoms with Gasteiger partial charge in [-0.1, -0.05) is 54.6 Å². The van der Waals surface area contributed by atoms with E-state index in [-0.39, 0.29) is 16.7 Å². The van der Waals surface area contributed by atoms with Gasteiger partial charge in [0.05, 0.1) is 22.4 Å². The van der Waals surface area contributed by atoms with E-state index in [1.807, 2.05) is 0 Å². The second-order valence-electron chi connectivity index (χ2n) is 8.58. The fourth-order valence-electron chi connectivity index (χ4n) is 4.32. The molecule has 10 heteroatoms. The fourth-order valence-corrected chi connectivity index (χ4v) is 6.17. The molecule has 5 rings (SSSR count). The number of fused-ring (bicyclic) bond motifs is 2. The molecule has 5 atom stereocenters. The van der Waals surface area contributed by atoms with Crippen LogP contribution in [0, 0.1) is 0 Å². The first kappa shape index (κ1) is 24.7. The molecule has 0 unspecified atom stereocenters. The van der Waals surface area contributed by atoms with Gasteiger partial charge in [0, 0.05) is 0 Å². The molecule has 2 aliphatic heterocycles. The van der Waals surface area contributed by atoms with Crippen molar-refractivity contribution in [3.8, 4) is 0 Å². The first-order chi connectivity index (χ1) is 17.8. The van der Waals surface area contributed by atoms with Crippen molar-refractivity contribution >= 4 is 27.7 Å². The molecule has 2 saturated heterocycles. The van der Waals surface area contributed by atoms with Crippen LogP contribution in [-0.4, -0.2) is 61.9 Å². The molecular weight excluding hydrogens is 500 g/mol. The molecule has 0 N–H and O–H groups in total. The van der Waals surface area contributed by atoms with Crippen LogP contribution in [0.1, 0.15) is 31.1 Å². The maximum Gasteiger partial charge on any atom is 0.338 e. The highest BCUT2D eigenvalue weighted by Gasteiger charge is 2.62.